The summed E-state index contributed by atoms with van der Waals surface area (Å²) >= 11 is 6.00. The molecule has 0 bridgehead atoms. The highest BCUT2D eigenvalue weighted by Gasteiger charge is 2.34. The Hall–Kier alpha value is -0.800. The van der Waals surface area contributed by atoms with Crippen LogP contribution in [0.15, 0.2) is 18.2 Å². The largest absolute Gasteiger partial charge is 0.380 e. The number of nitrogens with one attached hydrogen (secondary N) is 1. The Kier molecular flexibility index (Phi) is 2.97. The van der Waals surface area contributed by atoms with E-state index in [1.54, 1.807) is 6.07 Å². The lowest BCUT2D eigenvalue weighted by molar-refractivity contribution is 0.326. The Balaban J connectivity index is 1.63. The van der Waals surface area contributed by atoms with Gasteiger partial charge in [-0.3, -0.25) is 4.90 Å². The lowest BCUT2D eigenvalue weighted by atomic mass is 10.2. The molecule has 1 aliphatic heterocycles. The first-order chi connectivity index (χ1) is 8.22. The minimum atomic E-state index is -0.286. The van der Waals surface area contributed by atoms with Crippen LogP contribution in [0.1, 0.15) is 19.3 Å². The first-order valence-corrected chi connectivity index (χ1v) is 6.56. The molecular weight excluding hydrogens is 239 g/mol. The van der Waals surface area contributed by atoms with Gasteiger partial charge in [0.25, 0.3) is 0 Å². The fraction of sp³-hybridized carbons (Fsp3) is 0.538. The number of likely N-dealkylation sites (tertiary alicyclic amines) is 1. The molecule has 2 aliphatic rings. The zero-order chi connectivity index (χ0) is 11.8. The van der Waals surface area contributed by atoms with E-state index in [1.165, 1.54) is 31.5 Å². The molecule has 1 heterocycles. The summed E-state index contributed by atoms with van der Waals surface area (Å²) in [6.07, 6.45) is 3.85. The van der Waals surface area contributed by atoms with Crippen molar-refractivity contribution in [3.63, 3.8) is 0 Å². The summed E-state index contributed by atoms with van der Waals surface area (Å²) in [7, 11) is 0. The first-order valence-electron chi connectivity index (χ1n) is 6.18. The summed E-state index contributed by atoms with van der Waals surface area (Å²) in [6, 6.07) is 5.79. The van der Waals surface area contributed by atoms with Crippen molar-refractivity contribution in [3.05, 3.63) is 29.0 Å². The van der Waals surface area contributed by atoms with E-state index in [2.05, 4.69) is 10.2 Å². The van der Waals surface area contributed by atoms with E-state index in [9.17, 15) is 4.39 Å². The van der Waals surface area contributed by atoms with Crippen molar-refractivity contribution in [1.29, 1.82) is 0 Å². The summed E-state index contributed by atoms with van der Waals surface area (Å²) in [5, 5.41) is 3.88. The standard InChI is InChI=1S/C13H16ClFN2/c14-12-7-9(15)1-4-13(12)16-10-5-6-17(8-10)11-2-3-11/h1,4,7,10-11,16H,2-3,5-6,8H2. The highest BCUT2D eigenvalue weighted by Crippen LogP contribution is 2.31. The van der Waals surface area contributed by atoms with Crippen LogP contribution >= 0.6 is 11.6 Å². The fourth-order valence-corrected chi connectivity index (χ4v) is 2.72. The van der Waals surface area contributed by atoms with Crippen molar-refractivity contribution in [2.75, 3.05) is 18.4 Å². The number of halogens is 2. The van der Waals surface area contributed by atoms with E-state index in [-0.39, 0.29) is 5.82 Å². The molecule has 3 rings (SSSR count). The van der Waals surface area contributed by atoms with Crippen molar-refractivity contribution < 1.29 is 4.39 Å². The number of anilines is 1. The Morgan fingerprint density at radius 3 is 2.82 bits per heavy atom. The van der Waals surface area contributed by atoms with E-state index in [0.717, 1.165) is 24.7 Å². The Morgan fingerprint density at radius 1 is 1.29 bits per heavy atom. The molecular formula is C13H16ClFN2. The molecule has 1 aromatic rings. The van der Waals surface area contributed by atoms with Gasteiger partial charge in [0.15, 0.2) is 0 Å². The van der Waals surface area contributed by atoms with Gasteiger partial charge in [0.2, 0.25) is 0 Å². The summed E-state index contributed by atoms with van der Waals surface area (Å²) in [4.78, 5) is 2.54. The van der Waals surface area contributed by atoms with Crippen LogP contribution in [-0.2, 0) is 0 Å². The molecule has 0 aromatic heterocycles. The topological polar surface area (TPSA) is 15.3 Å². The Morgan fingerprint density at radius 2 is 2.12 bits per heavy atom. The fourth-order valence-electron chi connectivity index (χ4n) is 2.50. The average Bonchev–Trinajstić information content (AvgIpc) is 3.04. The monoisotopic (exact) mass is 254 g/mol. The van der Waals surface area contributed by atoms with Gasteiger partial charge in [0.05, 0.1) is 10.7 Å². The molecule has 1 saturated carbocycles. The molecule has 0 amide bonds. The summed E-state index contributed by atoms with van der Waals surface area (Å²) in [6.45, 7) is 2.25. The smallest absolute Gasteiger partial charge is 0.124 e. The highest BCUT2D eigenvalue weighted by molar-refractivity contribution is 6.33. The maximum Gasteiger partial charge on any atom is 0.124 e. The number of benzene rings is 1. The summed E-state index contributed by atoms with van der Waals surface area (Å²) in [5.41, 5.74) is 0.843. The van der Waals surface area contributed by atoms with E-state index in [0.29, 0.717) is 11.1 Å². The van der Waals surface area contributed by atoms with Crippen LogP contribution in [0.5, 0.6) is 0 Å². The third-order valence-corrected chi connectivity index (χ3v) is 3.89. The molecule has 1 saturated heterocycles. The molecule has 0 radical (unpaired) electrons. The Bertz CT molecular complexity index is 420. The predicted molar refractivity (Wildman–Crippen MR) is 68.0 cm³/mol. The average molecular weight is 255 g/mol. The highest BCUT2D eigenvalue weighted by atomic mass is 35.5. The van der Waals surface area contributed by atoms with E-state index in [1.807, 2.05) is 0 Å². The number of hydrogen-bond donors (Lipinski definition) is 1. The van der Waals surface area contributed by atoms with Gasteiger partial charge in [-0.05, 0) is 37.5 Å². The molecule has 1 N–H and O–H groups in total. The zero-order valence-corrected chi connectivity index (χ0v) is 10.4. The van der Waals surface area contributed by atoms with Crippen LogP contribution in [-0.4, -0.2) is 30.1 Å². The molecule has 1 aliphatic carbocycles. The zero-order valence-electron chi connectivity index (χ0n) is 9.63. The van der Waals surface area contributed by atoms with Gasteiger partial charge in [-0.1, -0.05) is 11.6 Å². The van der Waals surface area contributed by atoms with Crippen molar-refractivity contribution in [2.45, 2.75) is 31.3 Å². The minimum Gasteiger partial charge on any atom is -0.380 e. The van der Waals surface area contributed by atoms with Crippen molar-refractivity contribution >= 4 is 17.3 Å². The predicted octanol–water partition coefficient (Wildman–Crippen LogP) is 3.13. The summed E-state index contributed by atoms with van der Waals surface area (Å²) < 4.78 is 12.9. The van der Waals surface area contributed by atoms with Crippen LogP contribution in [0, 0.1) is 5.82 Å². The van der Waals surface area contributed by atoms with Crippen LogP contribution in [0.2, 0.25) is 5.02 Å². The van der Waals surface area contributed by atoms with Crippen molar-refractivity contribution in [1.82, 2.24) is 4.90 Å². The minimum absolute atomic E-state index is 0.286. The maximum atomic E-state index is 12.9. The molecule has 92 valence electrons. The Labute approximate surface area is 106 Å². The normalized spacial score (nSPS) is 25.2. The molecule has 2 nitrogen and oxygen atoms in total. The SMILES string of the molecule is Fc1ccc(NC2CCN(C3CC3)C2)c(Cl)c1. The van der Waals surface area contributed by atoms with Gasteiger partial charge < -0.3 is 5.32 Å². The number of rotatable bonds is 3. The second-order valence-corrected chi connectivity index (χ2v) is 5.39. The van der Waals surface area contributed by atoms with Crippen molar-refractivity contribution in [3.8, 4) is 0 Å². The molecule has 0 spiro atoms. The molecule has 4 heteroatoms. The van der Waals surface area contributed by atoms with E-state index >= 15 is 0 Å². The van der Waals surface area contributed by atoms with Gasteiger partial charge >= 0.3 is 0 Å². The van der Waals surface area contributed by atoms with Gasteiger partial charge in [0.1, 0.15) is 5.82 Å². The maximum absolute atomic E-state index is 12.9. The summed E-state index contributed by atoms with van der Waals surface area (Å²) in [5.74, 6) is -0.286. The molecule has 1 unspecified atom stereocenters. The molecule has 2 fully saturated rings. The quantitative estimate of drug-likeness (QED) is 0.892. The lowest BCUT2D eigenvalue weighted by Crippen LogP contribution is -2.27. The second-order valence-electron chi connectivity index (χ2n) is 4.98. The van der Waals surface area contributed by atoms with Crippen LogP contribution in [0.4, 0.5) is 10.1 Å². The third kappa shape index (κ3) is 2.55. The van der Waals surface area contributed by atoms with Gasteiger partial charge in [-0.15, -0.1) is 0 Å². The van der Waals surface area contributed by atoms with Crippen LogP contribution in [0.3, 0.4) is 0 Å². The third-order valence-electron chi connectivity index (χ3n) is 3.57. The lowest BCUT2D eigenvalue weighted by Gasteiger charge is -2.17. The number of hydrogen-bond acceptors (Lipinski definition) is 2. The van der Waals surface area contributed by atoms with Crippen molar-refractivity contribution in [2.24, 2.45) is 0 Å². The van der Waals surface area contributed by atoms with Gasteiger partial charge in [0, 0.05) is 25.2 Å². The van der Waals surface area contributed by atoms with Gasteiger partial charge in [-0.2, -0.15) is 0 Å². The second kappa shape index (κ2) is 4.46. The molecule has 1 atom stereocenters. The van der Waals surface area contributed by atoms with E-state index < -0.39 is 0 Å². The molecule has 1 aromatic carbocycles. The van der Waals surface area contributed by atoms with Gasteiger partial charge in [-0.25, -0.2) is 4.39 Å². The number of nitrogens with zero attached hydrogens (tertiary/aromatic N) is 1. The van der Waals surface area contributed by atoms with Crippen LogP contribution in [0.25, 0.3) is 0 Å². The van der Waals surface area contributed by atoms with E-state index in [4.69, 9.17) is 11.6 Å². The first kappa shape index (κ1) is 11.3. The molecule has 17 heavy (non-hydrogen) atoms. The van der Waals surface area contributed by atoms with Crippen LogP contribution < -0.4 is 5.32 Å².